The first-order valence-corrected chi connectivity index (χ1v) is 9.04. The number of rotatable bonds is 2. The van der Waals surface area contributed by atoms with Crippen LogP contribution in [0.15, 0.2) is 4.52 Å². The molecule has 2 aromatic rings. The second-order valence-electron chi connectivity index (χ2n) is 7.15. The van der Waals surface area contributed by atoms with Crippen LogP contribution in [0, 0.1) is 26.7 Å². The Kier molecular flexibility index (Phi) is 5.83. The Balaban J connectivity index is 0.000000318. The number of carboxylic acid groups (broad SMARTS) is 1. The lowest BCUT2D eigenvalue weighted by Crippen LogP contribution is -2.31. The van der Waals surface area contributed by atoms with Crippen molar-refractivity contribution >= 4 is 11.9 Å². The zero-order valence-electron chi connectivity index (χ0n) is 16.4. The van der Waals surface area contributed by atoms with Gasteiger partial charge in [0.15, 0.2) is 5.82 Å². The van der Waals surface area contributed by atoms with Gasteiger partial charge in [-0.2, -0.15) is 18.3 Å². The van der Waals surface area contributed by atoms with E-state index >= 15 is 0 Å². The standard InChI is InChI=1S/C15H19N5O3.C2HF3O2/c1-7-13(8(2)23-19-7)15(21)20-5-10-4-11(22-12(10)6-20)14-16-9(3)17-18-14;3-2(4,5)1(6)7/h10-12H,4-6H2,1-3H3,(H,16,17,18);(H,6,7)/t10-,11-,12+;/m0./s1. The molecule has 3 atom stereocenters. The largest absolute Gasteiger partial charge is 0.490 e. The maximum absolute atomic E-state index is 12.7. The second kappa shape index (κ2) is 8.05. The molecule has 4 rings (SSSR count). The van der Waals surface area contributed by atoms with E-state index in [1.165, 1.54) is 0 Å². The van der Waals surface area contributed by atoms with Crippen LogP contribution in [0.3, 0.4) is 0 Å². The number of aryl methyl sites for hydroxylation is 3. The predicted molar refractivity (Wildman–Crippen MR) is 92.4 cm³/mol. The SMILES string of the molecule is Cc1nc([C@@H]2C[C@H]3CN(C(=O)c4c(C)noc4C)C[C@H]3O2)n[nH]1.O=C(O)C(F)(F)F. The van der Waals surface area contributed by atoms with Crippen LogP contribution in [0.5, 0.6) is 0 Å². The number of likely N-dealkylation sites (tertiary alicyclic amines) is 1. The summed E-state index contributed by atoms with van der Waals surface area (Å²) in [7, 11) is 0. The highest BCUT2D eigenvalue weighted by Crippen LogP contribution is 2.40. The lowest BCUT2D eigenvalue weighted by Gasteiger charge is -2.18. The monoisotopic (exact) mass is 431 g/mol. The van der Waals surface area contributed by atoms with Gasteiger partial charge in [0.2, 0.25) is 0 Å². The number of carbonyl (C=O) groups is 2. The van der Waals surface area contributed by atoms with E-state index in [1.54, 1.807) is 13.8 Å². The number of fused-ring (bicyclic) bond motifs is 1. The highest BCUT2D eigenvalue weighted by atomic mass is 19.4. The third-order valence-electron chi connectivity index (χ3n) is 4.92. The van der Waals surface area contributed by atoms with E-state index in [4.69, 9.17) is 19.2 Å². The van der Waals surface area contributed by atoms with E-state index in [0.29, 0.717) is 41.8 Å². The molecule has 1 amide bonds. The lowest BCUT2D eigenvalue weighted by molar-refractivity contribution is -0.192. The molecule has 2 aromatic heterocycles. The molecule has 0 radical (unpaired) electrons. The first-order valence-electron chi connectivity index (χ1n) is 9.04. The summed E-state index contributed by atoms with van der Waals surface area (Å²) in [4.78, 5) is 27.8. The average molecular weight is 431 g/mol. The molecule has 0 bridgehead atoms. The number of aromatic nitrogens is 4. The molecule has 30 heavy (non-hydrogen) atoms. The highest BCUT2D eigenvalue weighted by molar-refractivity contribution is 5.96. The summed E-state index contributed by atoms with van der Waals surface area (Å²) >= 11 is 0. The Bertz CT molecular complexity index is 907. The average Bonchev–Trinajstić information content (AvgIpc) is 3.38. The molecule has 10 nitrogen and oxygen atoms in total. The lowest BCUT2D eigenvalue weighted by atomic mass is 10.0. The summed E-state index contributed by atoms with van der Waals surface area (Å²) in [5.74, 6) is -0.392. The van der Waals surface area contributed by atoms with Crippen molar-refractivity contribution in [2.45, 2.75) is 45.6 Å². The molecule has 2 aliphatic heterocycles. The fraction of sp³-hybridized carbons (Fsp3) is 0.588. The van der Waals surface area contributed by atoms with Crippen LogP contribution in [0.2, 0.25) is 0 Å². The van der Waals surface area contributed by atoms with E-state index in [-0.39, 0.29) is 18.1 Å². The van der Waals surface area contributed by atoms with Crippen molar-refractivity contribution < 1.29 is 37.1 Å². The Labute approximate surface area is 168 Å². The number of nitrogens with one attached hydrogen (secondary N) is 1. The van der Waals surface area contributed by atoms with Crippen molar-refractivity contribution in [1.82, 2.24) is 25.2 Å². The molecule has 4 heterocycles. The number of H-pyrrole nitrogens is 1. The molecule has 2 fully saturated rings. The van der Waals surface area contributed by atoms with Gasteiger partial charge in [0, 0.05) is 19.0 Å². The van der Waals surface area contributed by atoms with Crippen LogP contribution in [-0.2, 0) is 9.53 Å². The van der Waals surface area contributed by atoms with Gasteiger partial charge in [0.1, 0.15) is 23.3 Å². The van der Waals surface area contributed by atoms with Crippen molar-refractivity contribution in [3.05, 3.63) is 28.7 Å². The number of carboxylic acids is 1. The number of carbonyl (C=O) groups excluding carboxylic acids is 1. The number of amides is 1. The van der Waals surface area contributed by atoms with Crippen LogP contribution >= 0.6 is 0 Å². The number of hydrogen-bond acceptors (Lipinski definition) is 7. The molecule has 0 unspecified atom stereocenters. The summed E-state index contributed by atoms with van der Waals surface area (Å²) in [6, 6.07) is 0. The molecule has 164 valence electrons. The van der Waals surface area contributed by atoms with Crippen molar-refractivity contribution in [1.29, 1.82) is 0 Å². The van der Waals surface area contributed by atoms with Gasteiger partial charge in [-0.05, 0) is 27.2 Å². The molecule has 0 saturated carbocycles. The number of ether oxygens (including phenoxy) is 1. The number of aliphatic carboxylic acids is 1. The van der Waals surface area contributed by atoms with Gasteiger partial charge in [-0.25, -0.2) is 9.78 Å². The van der Waals surface area contributed by atoms with Crippen LogP contribution < -0.4 is 0 Å². The van der Waals surface area contributed by atoms with Gasteiger partial charge in [-0.1, -0.05) is 5.16 Å². The summed E-state index contributed by atoms with van der Waals surface area (Å²) in [5, 5.41) is 18.0. The fourth-order valence-corrected chi connectivity index (χ4v) is 3.55. The number of nitrogens with zero attached hydrogens (tertiary/aromatic N) is 4. The van der Waals surface area contributed by atoms with Gasteiger partial charge in [-0.15, -0.1) is 0 Å². The Morgan fingerprint density at radius 1 is 1.23 bits per heavy atom. The molecule has 0 spiro atoms. The predicted octanol–water partition coefficient (Wildman–Crippen LogP) is 1.95. The molecule has 13 heteroatoms. The van der Waals surface area contributed by atoms with Gasteiger partial charge < -0.3 is 19.3 Å². The maximum atomic E-state index is 12.7. The second-order valence-corrected chi connectivity index (χ2v) is 7.15. The quantitative estimate of drug-likeness (QED) is 0.737. The van der Waals surface area contributed by atoms with Crippen molar-refractivity contribution in [2.75, 3.05) is 13.1 Å². The van der Waals surface area contributed by atoms with E-state index in [1.807, 2.05) is 11.8 Å². The zero-order chi connectivity index (χ0) is 22.2. The molecular formula is C17H20F3N5O5. The van der Waals surface area contributed by atoms with Crippen molar-refractivity contribution in [3.63, 3.8) is 0 Å². The van der Waals surface area contributed by atoms with E-state index in [0.717, 1.165) is 12.2 Å². The van der Waals surface area contributed by atoms with Crippen LogP contribution in [0.4, 0.5) is 13.2 Å². The summed E-state index contributed by atoms with van der Waals surface area (Å²) in [6.45, 7) is 6.71. The Hall–Kier alpha value is -2.96. The number of alkyl halides is 3. The Morgan fingerprint density at radius 2 is 1.90 bits per heavy atom. The van der Waals surface area contributed by atoms with Crippen molar-refractivity contribution in [2.24, 2.45) is 5.92 Å². The third-order valence-corrected chi connectivity index (χ3v) is 4.92. The zero-order valence-corrected chi connectivity index (χ0v) is 16.4. The van der Waals surface area contributed by atoms with E-state index < -0.39 is 12.1 Å². The van der Waals surface area contributed by atoms with Gasteiger partial charge in [0.25, 0.3) is 5.91 Å². The van der Waals surface area contributed by atoms with E-state index in [2.05, 4.69) is 20.3 Å². The first-order chi connectivity index (χ1) is 14.0. The topological polar surface area (TPSA) is 134 Å². The van der Waals surface area contributed by atoms with Gasteiger partial charge >= 0.3 is 12.1 Å². The van der Waals surface area contributed by atoms with E-state index in [9.17, 15) is 18.0 Å². The molecular weight excluding hydrogens is 411 g/mol. The summed E-state index contributed by atoms with van der Waals surface area (Å²) in [6.07, 6.45) is -4.28. The minimum Gasteiger partial charge on any atom is -0.475 e. The number of aromatic amines is 1. The minimum absolute atomic E-state index is 0.0236. The first kappa shape index (κ1) is 21.7. The number of halogens is 3. The summed E-state index contributed by atoms with van der Waals surface area (Å²) < 4.78 is 42.9. The van der Waals surface area contributed by atoms with Crippen LogP contribution in [0.1, 0.15) is 46.0 Å². The molecule has 0 aromatic carbocycles. The normalized spacial score (nSPS) is 23.1. The fourth-order valence-electron chi connectivity index (χ4n) is 3.55. The Morgan fingerprint density at radius 3 is 2.37 bits per heavy atom. The highest BCUT2D eigenvalue weighted by Gasteiger charge is 2.45. The molecule has 2 aliphatic rings. The summed E-state index contributed by atoms with van der Waals surface area (Å²) in [5.41, 5.74) is 1.21. The van der Waals surface area contributed by atoms with Crippen molar-refractivity contribution in [3.8, 4) is 0 Å². The maximum Gasteiger partial charge on any atom is 0.490 e. The van der Waals surface area contributed by atoms with Gasteiger partial charge in [0.05, 0.1) is 11.8 Å². The third kappa shape index (κ3) is 4.45. The van der Waals surface area contributed by atoms with Crippen LogP contribution in [0.25, 0.3) is 0 Å². The number of hydrogen-bond donors (Lipinski definition) is 2. The molecule has 2 saturated heterocycles. The van der Waals surface area contributed by atoms with Gasteiger partial charge in [-0.3, -0.25) is 9.89 Å². The molecule has 0 aliphatic carbocycles. The smallest absolute Gasteiger partial charge is 0.475 e. The van der Waals surface area contributed by atoms with Crippen LogP contribution in [-0.4, -0.2) is 67.6 Å². The molecule has 2 N–H and O–H groups in total. The minimum atomic E-state index is -5.08.